The second kappa shape index (κ2) is 13.8. The van der Waals surface area contributed by atoms with Crippen molar-refractivity contribution in [1.29, 1.82) is 0 Å². The summed E-state index contributed by atoms with van der Waals surface area (Å²) in [5.41, 5.74) is 3.70. The molecule has 47 heavy (non-hydrogen) atoms. The van der Waals surface area contributed by atoms with Gasteiger partial charge in [0.25, 0.3) is 5.91 Å². The molecule has 1 fully saturated rings. The highest BCUT2D eigenvalue weighted by atomic mass is 35.5. The summed E-state index contributed by atoms with van der Waals surface area (Å²) in [7, 11) is 4.04. The lowest BCUT2D eigenvalue weighted by Crippen LogP contribution is -2.59. The highest BCUT2D eigenvalue weighted by Gasteiger charge is 2.38. The Morgan fingerprint density at radius 3 is 2.45 bits per heavy atom. The number of piperazine rings is 1. The second-order valence-corrected chi connectivity index (χ2v) is 13.3. The number of carbonyl (C=O) groups is 3. The quantitative estimate of drug-likeness (QED) is 0.280. The smallest absolute Gasteiger partial charge is 0.318 e. The van der Waals surface area contributed by atoms with Crippen LogP contribution in [-0.4, -0.2) is 96.9 Å². The summed E-state index contributed by atoms with van der Waals surface area (Å²) in [6.45, 7) is 4.28. The predicted octanol–water partition coefficient (Wildman–Crippen LogP) is 5.37. The fourth-order valence-corrected chi connectivity index (χ4v) is 7.12. The molecule has 2 aliphatic rings. The highest BCUT2D eigenvalue weighted by Crippen LogP contribution is 2.35. The molecule has 0 radical (unpaired) electrons. The van der Waals surface area contributed by atoms with Crippen molar-refractivity contribution in [3.05, 3.63) is 100 Å². The maximum atomic E-state index is 14.7. The van der Waals surface area contributed by atoms with E-state index in [9.17, 15) is 18.8 Å². The molecular formula is C36H40ClFN6O3. The van der Waals surface area contributed by atoms with E-state index in [-0.39, 0.29) is 55.5 Å². The molecule has 0 spiro atoms. The van der Waals surface area contributed by atoms with Crippen LogP contribution in [0.2, 0.25) is 5.02 Å². The second-order valence-electron chi connectivity index (χ2n) is 12.8. The van der Waals surface area contributed by atoms with Gasteiger partial charge in [0, 0.05) is 73.0 Å². The Labute approximate surface area is 279 Å². The standard InChI is InChI=1S/C36H40ClFN6O3/c1-23(29-20-39-31-11-7-5-8-27(29)31)33(35(46)44-22-24(21-41(2)3)18-25-19-26(37)12-13-32(25)44)40-36(47)43-16-14-42(15-17-43)34(45)28-9-4-6-10-30(28)38/h4-13,19-20,23-24,33,39H,14-18,21-22H2,1-3H3,(H,40,47)/t23-,24-,33-/m1/s1. The number of aromatic nitrogens is 1. The zero-order valence-corrected chi connectivity index (χ0v) is 27.6. The fraction of sp³-hybridized carbons (Fsp3) is 0.361. The topological polar surface area (TPSA) is 92.0 Å². The summed E-state index contributed by atoms with van der Waals surface area (Å²) in [6, 6.07) is 18.2. The third-order valence-corrected chi connectivity index (χ3v) is 9.52. The minimum absolute atomic E-state index is 0.0132. The van der Waals surface area contributed by atoms with Crippen LogP contribution < -0.4 is 10.2 Å². The van der Waals surface area contributed by atoms with Crippen molar-refractivity contribution in [2.45, 2.75) is 25.3 Å². The highest BCUT2D eigenvalue weighted by molar-refractivity contribution is 6.30. The van der Waals surface area contributed by atoms with E-state index in [1.165, 1.54) is 12.1 Å². The molecule has 0 bridgehead atoms. The van der Waals surface area contributed by atoms with Gasteiger partial charge in [-0.15, -0.1) is 0 Å². The molecule has 4 aromatic rings. The lowest BCUT2D eigenvalue weighted by Gasteiger charge is -2.40. The number of urea groups is 1. The van der Waals surface area contributed by atoms with Crippen molar-refractivity contribution < 1.29 is 18.8 Å². The van der Waals surface area contributed by atoms with Gasteiger partial charge in [-0.05, 0) is 74.0 Å². The van der Waals surface area contributed by atoms with E-state index in [1.54, 1.807) is 28.0 Å². The van der Waals surface area contributed by atoms with Crippen LogP contribution in [0.15, 0.2) is 72.9 Å². The molecular weight excluding hydrogens is 619 g/mol. The number of benzene rings is 3. The Bertz CT molecular complexity index is 1790. The van der Waals surface area contributed by atoms with Gasteiger partial charge in [-0.3, -0.25) is 9.59 Å². The number of hydrogen-bond acceptors (Lipinski definition) is 4. The molecule has 4 amide bonds. The van der Waals surface area contributed by atoms with E-state index in [0.29, 0.717) is 11.6 Å². The first-order chi connectivity index (χ1) is 22.6. The van der Waals surface area contributed by atoms with Gasteiger partial charge >= 0.3 is 6.03 Å². The molecule has 3 heterocycles. The van der Waals surface area contributed by atoms with Crippen LogP contribution in [-0.2, 0) is 11.2 Å². The molecule has 2 aliphatic heterocycles. The Morgan fingerprint density at radius 1 is 1.00 bits per heavy atom. The first-order valence-electron chi connectivity index (χ1n) is 16.0. The van der Waals surface area contributed by atoms with Crippen molar-refractivity contribution in [2.24, 2.45) is 5.92 Å². The van der Waals surface area contributed by atoms with E-state index < -0.39 is 17.8 Å². The summed E-state index contributed by atoms with van der Waals surface area (Å²) in [5, 5.41) is 4.71. The van der Waals surface area contributed by atoms with Gasteiger partial charge < -0.3 is 29.9 Å². The average Bonchev–Trinajstić information content (AvgIpc) is 3.50. The minimum atomic E-state index is -0.888. The van der Waals surface area contributed by atoms with Crippen molar-refractivity contribution in [1.82, 2.24) is 25.0 Å². The predicted molar refractivity (Wildman–Crippen MR) is 182 cm³/mol. The summed E-state index contributed by atoms with van der Waals surface area (Å²) in [5.74, 6) is -1.37. The van der Waals surface area contributed by atoms with Crippen LogP contribution in [0.1, 0.15) is 34.3 Å². The number of aromatic amines is 1. The first kappa shape index (κ1) is 32.5. The number of nitrogens with one attached hydrogen (secondary N) is 2. The van der Waals surface area contributed by atoms with E-state index in [2.05, 4.69) is 15.2 Å². The van der Waals surface area contributed by atoms with Gasteiger partial charge in [0.05, 0.1) is 5.56 Å². The van der Waals surface area contributed by atoms with Crippen LogP contribution >= 0.6 is 11.6 Å². The van der Waals surface area contributed by atoms with Crippen LogP contribution in [0.4, 0.5) is 14.9 Å². The SMILES string of the molecule is C[C@H](c1c[nH]c2ccccc12)[C@@H](NC(=O)N1CCN(C(=O)c2ccccc2F)CC1)C(=O)N1C[C@@H](CN(C)C)Cc2cc(Cl)ccc21. The lowest BCUT2D eigenvalue weighted by molar-refractivity contribution is -0.121. The Morgan fingerprint density at radius 2 is 1.70 bits per heavy atom. The molecule has 0 unspecified atom stereocenters. The molecule has 1 aromatic heterocycles. The van der Waals surface area contributed by atoms with Gasteiger partial charge in [0.1, 0.15) is 11.9 Å². The number of H-pyrrole nitrogens is 1. The molecule has 2 N–H and O–H groups in total. The molecule has 9 nitrogen and oxygen atoms in total. The molecule has 6 rings (SSSR count). The van der Waals surface area contributed by atoms with Gasteiger partial charge in [-0.1, -0.05) is 48.9 Å². The molecule has 0 aliphatic carbocycles. The summed E-state index contributed by atoms with van der Waals surface area (Å²) in [4.78, 5) is 52.0. The van der Waals surface area contributed by atoms with Crippen LogP contribution in [0.5, 0.6) is 0 Å². The van der Waals surface area contributed by atoms with Gasteiger partial charge in [-0.25, -0.2) is 9.18 Å². The Balaban J connectivity index is 1.26. The number of para-hydroxylation sites is 1. The van der Waals surface area contributed by atoms with E-state index in [1.807, 2.05) is 68.5 Å². The molecule has 3 aromatic carbocycles. The number of rotatable bonds is 7. The third kappa shape index (κ3) is 6.84. The van der Waals surface area contributed by atoms with Gasteiger partial charge in [0.15, 0.2) is 0 Å². The van der Waals surface area contributed by atoms with Gasteiger partial charge in [0.2, 0.25) is 5.91 Å². The van der Waals surface area contributed by atoms with E-state index in [0.717, 1.165) is 40.7 Å². The summed E-state index contributed by atoms with van der Waals surface area (Å²) < 4.78 is 14.3. The maximum absolute atomic E-state index is 14.7. The number of hydrogen-bond donors (Lipinski definition) is 2. The zero-order valence-electron chi connectivity index (χ0n) is 26.9. The first-order valence-corrected chi connectivity index (χ1v) is 16.4. The molecule has 11 heteroatoms. The van der Waals surface area contributed by atoms with Crippen molar-refractivity contribution in [3.8, 4) is 0 Å². The van der Waals surface area contributed by atoms with Crippen molar-refractivity contribution >= 4 is 46.0 Å². The van der Waals surface area contributed by atoms with E-state index >= 15 is 0 Å². The number of nitrogens with zero attached hydrogens (tertiary/aromatic N) is 4. The third-order valence-electron chi connectivity index (χ3n) is 9.29. The molecule has 3 atom stereocenters. The lowest BCUT2D eigenvalue weighted by atomic mass is 9.88. The van der Waals surface area contributed by atoms with Crippen molar-refractivity contribution in [2.75, 3.05) is 58.3 Å². The Kier molecular flexibility index (Phi) is 9.52. The fourth-order valence-electron chi connectivity index (χ4n) is 6.92. The number of fused-ring (bicyclic) bond motifs is 2. The van der Waals surface area contributed by atoms with Crippen molar-refractivity contribution in [3.63, 3.8) is 0 Å². The summed E-state index contributed by atoms with van der Waals surface area (Å²) >= 11 is 6.40. The maximum Gasteiger partial charge on any atom is 0.318 e. The average molecular weight is 659 g/mol. The summed E-state index contributed by atoms with van der Waals surface area (Å²) in [6.07, 6.45) is 2.70. The number of amides is 4. The largest absolute Gasteiger partial charge is 0.361 e. The molecule has 246 valence electrons. The number of carbonyl (C=O) groups excluding carboxylic acids is 3. The Hall–Kier alpha value is -4.41. The van der Waals surface area contributed by atoms with Crippen LogP contribution in [0.3, 0.4) is 0 Å². The normalized spacial score (nSPS) is 17.8. The monoisotopic (exact) mass is 658 g/mol. The zero-order chi connectivity index (χ0) is 33.2. The molecule has 1 saturated heterocycles. The molecule has 0 saturated carbocycles. The van der Waals surface area contributed by atoms with E-state index in [4.69, 9.17) is 11.6 Å². The van der Waals surface area contributed by atoms with Gasteiger partial charge in [-0.2, -0.15) is 0 Å². The minimum Gasteiger partial charge on any atom is -0.361 e. The number of halogens is 2. The van der Waals surface area contributed by atoms with Crippen LogP contribution in [0.25, 0.3) is 10.9 Å². The van der Waals surface area contributed by atoms with Crippen LogP contribution in [0, 0.1) is 11.7 Å². The number of anilines is 1.